The van der Waals surface area contributed by atoms with Crippen molar-refractivity contribution in [3.05, 3.63) is 22.2 Å². The molecule has 0 atom stereocenters. The van der Waals surface area contributed by atoms with Gasteiger partial charge < -0.3 is 10.6 Å². The van der Waals surface area contributed by atoms with Gasteiger partial charge in [-0.25, -0.2) is 8.42 Å². The average Bonchev–Trinajstić information content (AvgIpc) is 2.44. The summed E-state index contributed by atoms with van der Waals surface area (Å²) in [4.78, 5) is 2.19. The minimum Gasteiger partial charge on any atom is -0.396 e. The van der Waals surface area contributed by atoms with Gasteiger partial charge in [-0.1, -0.05) is 23.2 Å². The summed E-state index contributed by atoms with van der Waals surface area (Å²) in [5.41, 5.74) is 5.82. The van der Waals surface area contributed by atoms with E-state index in [1.54, 1.807) is 7.05 Å². The number of benzene rings is 1. The molecule has 5 nitrogen and oxygen atoms in total. The third-order valence-corrected chi connectivity index (χ3v) is 6.75. The van der Waals surface area contributed by atoms with E-state index in [-0.39, 0.29) is 26.7 Å². The maximum atomic E-state index is 12.7. The number of anilines is 1. The number of nitrogens with zero attached hydrogens (tertiary/aromatic N) is 2. The predicted octanol–water partition coefficient (Wildman–Crippen LogP) is 2.29. The van der Waals surface area contributed by atoms with Gasteiger partial charge in [-0.05, 0) is 45.1 Å². The van der Waals surface area contributed by atoms with Gasteiger partial charge in [0.15, 0.2) is 0 Å². The maximum absolute atomic E-state index is 12.7. The molecular weight excluding hydrogens is 333 g/mol. The number of hydrogen-bond donors (Lipinski definition) is 1. The minimum atomic E-state index is -3.68. The number of rotatable bonds is 3. The van der Waals surface area contributed by atoms with Crippen LogP contribution in [0.2, 0.25) is 10.0 Å². The standard InChI is InChI=1S/C13H19Cl2N3O2S/c1-17-7-5-9(6-8-17)18(2)21(19,20)11-4-3-10(14)13(16)12(11)15/h3-4,9H,5-8,16H2,1-2H3. The van der Waals surface area contributed by atoms with E-state index in [1.807, 2.05) is 7.05 Å². The molecule has 1 heterocycles. The first-order valence-electron chi connectivity index (χ1n) is 6.65. The zero-order valence-electron chi connectivity index (χ0n) is 12.0. The number of nitrogen functional groups attached to an aromatic ring is 1. The first-order chi connectivity index (χ1) is 9.75. The molecule has 0 spiro atoms. The molecule has 21 heavy (non-hydrogen) atoms. The fourth-order valence-corrected chi connectivity index (χ4v) is 4.61. The smallest absolute Gasteiger partial charge is 0.244 e. The van der Waals surface area contributed by atoms with E-state index in [0.29, 0.717) is 0 Å². The van der Waals surface area contributed by atoms with Gasteiger partial charge in [0.05, 0.1) is 15.7 Å². The summed E-state index contributed by atoms with van der Waals surface area (Å²) in [7, 11) is -0.0628. The van der Waals surface area contributed by atoms with Crippen LogP contribution in [0.1, 0.15) is 12.8 Å². The van der Waals surface area contributed by atoms with Crippen LogP contribution in [-0.4, -0.2) is 50.8 Å². The van der Waals surface area contributed by atoms with Crippen LogP contribution < -0.4 is 5.73 Å². The van der Waals surface area contributed by atoms with Crippen molar-refractivity contribution >= 4 is 38.9 Å². The molecule has 0 aliphatic carbocycles. The molecule has 0 amide bonds. The number of sulfonamides is 1. The van der Waals surface area contributed by atoms with Crippen LogP contribution in [0.15, 0.2) is 17.0 Å². The quantitative estimate of drug-likeness (QED) is 0.848. The second-order valence-corrected chi connectivity index (χ2v) is 8.08. The molecule has 1 aromatic rings. The molecule has 0 unspecified atom stereocenters. The zero-order valence-corrected chi connectivity index (χ0v) is 14.3. The molecule has 1 aliphatic heterocycles. The summed E-state index contributed by atoms with van der Waals surface area (Å²) in [5, 5.41) is 0.239. The minimum absolute atomic E-state index is 0.00694. The van der Waals surface area contributed by atoms with Crippen LogP contribution in [0, 0.1) is 0 Å². The Morgan fingerprint density at radius 3 is 2.43 bits per heavy atom. The fraction of sp³-hybridized carbons (Fsp3) is 0.538. The zero-order chi connectivity index (χ0) is 15.8. The van der Waals surface area contributed by atoms with Crippen molar-refractivity contribution in [2.24, 2.45) is 0 Å². The lowest BCUT2D eigenvalue weighted by Crippen LogP contribution is -2.44. The lowest BCUT2D eigenvalue weighted by molar-refractivity contribution is 0.197. The number of likely N-dealkylation sites (tertiary alicyclic amines) is 1. The Balaban J connectivity index is 2.32. The second-order valence-electron chi connectivity index (χ2n) is 5.33. The summed E-state index contributed by atoms with van der Waals surface area (Å²) < 4.78 is 26.9. The van der Waals surface area contributed by atoms with Crippen molar-refractivity contribution in [2.45, 2.75) is 23.8 Å². The lowest BCUT2D eigenvalue weighted by atomic mass is 10.1. The third kappa shape index (κ3) is 3.29. The molecule has 2 N–H and O–H groups in total. The van der Waals surface area contributed by atoms with Crippen LogP contribution in [0.5, 0.6) is 0 Å². The van der Waals surface area contributed by atoms with Crippen LogP contribution in [-0.2, 0) is 10.0 Å². The average molecular weight is 352 g/mol. The summed E-state index contributed by atoms with van der Waals surface area (Å²) in [6.07, 6.45) is 1.60. The summed E-state index contributed by atoms with van der Waals surface area (Å²) >= 11 is 11.9. The molecule has 1 aromatic carbocycles. The normalized spacial score (nSPS) is 18.3. The number of hydrogen-bond acceptors (Lipinski definition) is 4. The Hall–Kier alpha value is -0.530. The van der Waals surface area contributed by atoms with Crippen molar-refractivity contribution in [3.63, 3.8) is 0 Å². The molecule has 2 rings (SSSR count). The fourth-order valence-electron chi connectivity index (χ4n) is 2.46. The number of halogens is 2. The highest BCUT2D eigenvalue weighted by atomic mass is 35.5. The van der Waals surface area contributed by atoms with Crippen molar-refractivity contribution in [3.8, 4) is 0 Å². The Labute approximate surface area is 135 Å². The molecule has 0 radical (unpaired) electrons. The van der Waals surface area contributed by atoms with E-state index in [4.69, 9.17) is 28.9 Å². The van der Waals surface area contributed by atoms with Gasteiger partial charge >= 0.3 is 0 Å². The van der Waals surface area contributed by atoms with Crippen LogP contribution in [0.25, 0.3) is 0 Å². The van der Waals surface area contributed by atoms with Crippen molar-refractivity contribution in [1.29, 1.82) is 0 Å². The summed E-state index contributed by atoms with van der Waals surface area (Å²) in [6, 6.07) is 2.83. The van der Waals surface area contributed by atoms with Gasteiger partial charge in [-0.2, -0.15) is 4.31 Å². The summed E-state index contributed by atoms with van der Waals surface area (Å²) in [6.45, 7) is 1.75. The topological polar surface area (TPSA) is 66.6 Å². The molecule has 1 aliphatic rings. The van der Waals surface area contributed by atoms with Gasteiger partial charge in [0.2, 0.25) is 10.0 Å². The highest BCUT2D eigenvalue weighted by Crippen LogP contribution is 2.35. The van der Waals surface area contributed by atoms with Crippen LogP contribution in [0.4, 0.5) is 5.69 Å². The molecule has 0 saturated carbocycles. The van der Waals surface area contributed by atoms with Crippen molar-refractivity contribution in [1.82, 2.24) is 9.21 Å². The van der Waals surface area contributed by atoms with Gasteiger partial charge in [0, 0.05) is 13.1 Å². The van der Waals surface area contributed by atoms with Gasteiger partial charge in [-0.15, -0.1) is 0 Å². The van der Waals surface area contributed by atoms with Gasteiger partial charge in [0.1, 0.15) is 4.90 Å². The molecule has 0 bridgehead atoms. The van der Waals surface area contributed by atoms with Crippen molar-refractivity contribution < 1.29 is 8.42 Å². The van der Waals surface area contributed by atoms with Crippen molar-refractivity contribution in [2.75, 3.05) is 32.9 Å². The SMILES string of the molecule is CN1CCC(N(C)S(=O)(=O)c2ccc(Cl)c(N)c2Cl)CC1. The van der Waals surface area contributed by atoms with E-state index in [1.165, 1.54) is 16.4 Å². The van der Waals surface area contributed by atoms with Crippen LogP contribution >= 0.6 is 23.2 Å². The molecule has 1 fully saturated rings. The first-order valence-corrected chi connectivity index (χ1v) is 8.84. The molecule has 118 valence electrons. The first kappa shape index (κ1) is 16.8. The summed E-state index contributed by atoms with van der Waals surface area (Å²) in [5.74, 6) is 0. The Morgan fingerprint density at radius 1 is 1.29 bits per heavy atom. The molecule has 8 heteroatoms. The monoisotopic (exact) mass is 351 g/mol. The van der Waals surface area contributed by atoms with E-state index >= 15 is 0 Å². The van der Waals surface area contributed by atoms with Gasteiger partial charge in [0.25, 0.3) is 0 Å². The Morgan fingerprint density at radius 2 is 1.86 bits per heavy atom. The van der Waals surface area contributed by atoms with E-state index < -0.39 is 10.0 Å². The molecular formula is C13H19Cl2N3O2S. The Kier molecular flexibility index (Phi) is 5.05. The largest absolute Gasteiger partial charge is 0.396 e. The van der Waals surface area contributed by atoms with E-state index in [2.05, 4.69) is 4.90 Å². The predicted molar refractivity (Wildman–Crippen MR) is 86.3 cm³/mol. The third-order valence-electron chi connectivity index (χ3n) is 3.95. The van der Waals surface area contributed by atoms with E-state index in [9.17, 15) is 8.42 Å². The number of nitrogens with two attached hydrogens (primary N) is 1. The van der Waals surface area contributed by atoms with Gasteiger partial charge in [-0.3, -0.25) is 0 Å². The van der Waals surface area contributed by atoms with Crippen LogP contribution in [0.3, 0.4) is 0 Å². The highest BCUT2D eigenvalue weighted by Gasteiger charge is 2.32. The lowest BCUT2D eigenvalue weighted by Gasteiger charge is -2.34. The molecule has 0 aromatic heterocycles. The Bertz CT molecular complexity index is 629. The second kappa shape index (κ2) is 6.30. The number of piperidine rings is 1. The highest BCUT2D eigenvalue weighted by molar-refractivity contribution is 7.89. The van der Waals surface area contributed by atoms with E-state index in [0.717, 1.165) is 25.9 Å². The maximum Gasteiger partial charge on any atom is 0.244 e. The molecule has 1 saturated heterocycles.